The summed E-state index contributed by atoms with van der Waals surface area (Å²) in [4.78, 5) is 15.3. The number of halogens is 4. The Balaban J connectivity index is 2.18. The maximum Gasteiger partial charge on any atom is 0.450 e. The van der Waals surface area contributed by atoms with Gasteiger partial charge >= 0.3 is 12.1 Å². The highest BCUT2D eigenvalue weighted by Gasteiger charge is 2.36. The zero-order chi connectivity index (χ0) is 19.1. The van der Waals surface area contributed by atoms with E-state index >= 15 is 0 Å². The van der Waals surface area contributed by atoms with E-state index in [9.17, 15) is 22.4 Å². The number of hydrogen-bond acceptors (Lipinski definition) is 4. The van der Waals surface area contributed by atoms with Crippen molar-refractivity contribution in [3.63, 3.8) is 0 Å². The molecule has 26 heavy (non-hydrogen) atoms. The minimum atomic E-state index is -4.69. The number of benzene rings is 1. The van der Waals surface area contributed by atoms with Crippen LogP contribution < -0.4 is 4.74 Å². The quantitative estimate of drug-likeness (QED) is 0.509. The number of esters is 1. The summed E-state index contributed by atoms with van der Waals surface area (Å²) in [7, 11) is 1.14. The van der Waals surface area contributed by atoms with Gasteiger partial charge in [-0.05, 0) is 36.8 Å². The molecule has 0 saturated carbocycles. The van der Waals surface area contributed by atoms with Crippen LogP contribution in [0.4, 0.5) is 17.6 Å². The van der Waals surface area contributed by atoms with Crippen molar-refractivity contribution in [2.75, 3.05) is 7.11 Å². The molecule has 5 nitrogen and oxygen atoms in total. The van der Waals surface area contributed by atoms with Gasteiger partial charge in [0.1, 0.15) is 17.1 Å². The molecule has 0 fully saturated rings. The van der Waals surface area contributed by atoms with Gasteiger partial charge in [0.05, 0.1) is 25.0 Å². The van der Waals surface area contributed by atoms with Crippen LogP contribution in [0.15, 0.2) is 36.7 Å². The summed E-state index contributed by atoms with van der Waals surface area (Å²) in [6, 6.07) is 4.83. The average molecular weight is 368 g/mol. The standard InChI is InChI=1S/C17H12F4N2O3/c1-9-5-10(18)3-4-13(9)26-14-8-23-11(6-12(14)15(24)25-2)7-22-16(23)17(19,20)21/h3-8H,1-2H3. The molecule has 9 heteroatoms. The molecule has 2 heterocycles. The number of rotatable bonds is 3. The first-order valence-electron chi connectivity index (χ1n) is 7.31. The van der Waals surface area contributed by atoms with Crippen LogP contribution in [0.2, 0.25) is 0 Å². The first kappa shape index (κ1) is 17.7. The summed E-state index contributed by atoms with van der Waals surface area (Å²) < 4.78 is 63.5. The second kappa shape index (κ2) is 6.32. The number of imidazole rings is 1. The van der Waals surface area contributed by atoms with Crippen molar-refractivity contribution in [1.82, 2.24) is 9.38 Å². The molecule has 2 aromatic heterocycles. The van der Waals surface area contributed by atoms with Crippen LogP contribution in [0.1, 0.15) is 21.7 Å². The molecule has 0 unspecified atom stereocenters. The topological polar surface area (TPSA) is 52.8 Å². The summed E-state index contributed by atoms with van der Waals surface area (Å²) in [6.07, 6.45) is -2.70. The second-order valence-corrected chi connectivity index (χ2v) is 5.43. The molecule has 0 aliphatic carbocycles. The number of aromatic nitrogens is 2. The molecule has 0 amide bonds. The van der Waals surface area contributed by atoms with Crippen molar-refractivity contribution in [3.8, 4) is 11.5 Å². The SMILES string of the molecule is COC(=O)c1cc2cnc(C(F)(F)F)n2cc1Oc1ccc(F)cc1C. The van der Waals surface area contributed by atoms with E-state index in [4.69, 9.17) is 4.74 Å². The smallest absolute Gasteiger partial charge is 0.450 e. The lowest BCUT2D eigenvalue weighted by Crippen LogP contribution is -2.12. The average Bonchev–Trinajstić information content (AvgIpc) is 2.99. The highest BCUT2D eigenvalue weighted by Crippen LogP contribution is 2.33. The molecule has 0 spiro atoms. The molecule has 0 N–H and O–H groups in total. The van der Waals surface area contributed by atoms with Gasteiger partial charge in [0.15, 0.2) is 5.75 Å². The van der Waals surface area contributed by atoms with E-state index in [-0.39, 0.29) is 22.6 Å². The Labute approximate surface area is 144 Å². The third-order valence-electron chi connectivity index (χ3n) is 3.65. The van der Waals surface area contributed by atoms with Crippen LogP contribution in [0.3, 0.4) is 0 Å². The van der Waals surface area contributed by atoms with Gasteiger partial charge in [-0.1, -0.05) is 0 Å². The lowest BCUT2D eigenvalue weighted by Gasteiger charge is -2.14. The van der Waals surface area contributed by atoms with E-state index in [0.717, 1.165) is 30.0 Å². The van der Waals surface area contributed by atoms with E-state index in [1.165, 1.54) is 18.2 Å². The highest BCUT2D eigenvalue weighted by molar-refractivity contribution is 5.93. The maximum atomic E-state index is 13.2. The van der Waals surface area contributed by atoms with Crippen LogP contribution in [0, 0.1) is 12.7 Å². The monoisotopic (exact) mass is 368 g/mol. The Morgan fingerprint density at radius 1 is 1.19 bits per heavy atom. The third-order valence-corrected chi connectivity index (χ3v) is 3.65. The van der Waals surface area contributed by atoms with Crippen molar-refractivity contribution in [2.24, 2.45) is 0 Å². The summed E-state index contributed by atoms with van der Waals surface area (Å²) in [5.41, 5.74) is 0.362. The fraction of sp³-hybridized carbons (Fsp3) is 0.176. The van der Waals surface area contributed by atoms with E-state index in [1.54, 1.807) is 6.92 Å². The van der Waals surface area contributed by atoms with Gasteiger partial charge in [-0.3, -0.25) is 4.40 Å². The van der Waals surface area contributed by atoms with Gasteiger partial charge < -0.3 is 9.47 Å². The zero-order valence-electron chi connectivity index (χ0n) is 13.6. The van der Waals surface area contributed by atoms with Crippen molar-refractivity contribution in [2.45, 2.75) is 13.1 Å². The lowest BCUT2D eigenvalue weighted by atomic mass is 10.2. The number of carbonyl (C=O) groups is 1. The summed E-state index contributed by atoms with van der Waals surface area (Å²) in [6.45, 7) is 1.56. The van der Waals surface area contributed by atoms with Crippen LogP contribution >= 0.6 is 0 Å². The summed E-state index contributed by atoms with van der Waals surface area (Å²) in [5.74, 6) is -2.44. The van der Waals surface area contributed by atoms with Crippen molar-refractivity contribution < 1.29 is 31.8 Å². The number of hydrogen-bond donors (Lipinski definition) is 0. The molecular formula is C17H12F4N2O3. The molecular weight excluding hydrogens is 356 g/mol. The number of alkyl halides is 3. The molecule has 1 aromatic carbocycles. The maximum absolute atomic E-state index is 13.2. The largest absolute Gasteiger partial charge is 0.465 e. The number of methoxy groups -OCH3 is 1. The van der Waals surface area contributed by atoms with Crippen LogP contribution in [0.25, 0.3) is 5.52 Å². The number of fused-ring (bicyclic) bond motifs is 1. The summed E-state index contributed by atoms with van der Waals surface area (Å²) >= 11 is 0. The Bertz CT molecular complexity index is 996. The fourth-order valence-corrected chi connectivity index (χ4v) is 2.43. The second-order valence-electron chi connectivity index (χ2n) is 5.43. The summed E-state index contributed by atoms with van der Waals surface area (Å²) in [5, 5.41) is 0. The van der Waals surface area contributed by atoms with Crippen LogP contribution in [0.5, 0.6) is 11.5 Å². The predicted molar refractivity (Wildman–Crippen MR) is 82.7 cm³/mol. The molecule has 0 aliphatic heterocycles. The molecule has 136 valence electrons. The minimum Gasteiger partial charge on any atom is -0.465 e. The Hall–Kier alpha value is -3.10. The van der Waals surface area contributed by atoms with Crippen molar-refractivity contribution in [3.05, 3.63) is 59.4 Å². The van der Waals surface area contributed by atoms with E-state index in [1.807, 2.05) is 0 Å². The van der Waals surface area contributed by atoms with Gasteiger partial charge in [-0.25, -0.2) is 14.2 Å². The first-order valence-corrected chi connectivity index (χ1v) is 7.31. The zero-order valence-corrected chi connectivity index (χ0v) is 13.6. The molecule has 0 saturated heterocycles. The number of pyridine rings is 1. The van der Waals surface area contributed by atoms with Gasteiger partial charge in [-0.15, -0.1) is 0 Å². The highest BCUT2D eigenvalue weighted by atomic mass is 19.4. The van der Waals surface area contributed by atoms with Crippen LogP contribution in [-0.4, -0.2) is 22.5 Å². The van der Waals surface area contributed by atoms with Crippen molar-refractivity contribution in [1.29, 1.82) is 0 Å². The van der Waals surface area contributed by atoms with E-state index in [2.05, 4.69) is 9.72 Å². The molecule has 0 atom stereocenters. The molecule has 0 radical (unpaired) electrons. The van der Waals surface area contributed by atoms with Gasteiger partial charge in [0.25, 0.3) is 0 Å². The van der Waals surface area contributed by atoms with E-state index in [0.29, 0.717) is 5.56 Å². The van der Waals surface area contributed by atoms with Crippen molar-refractivity contribution >= 4 is 11.5 Å². The third kappa shape index (κ3) is 3.19. The Morgan fingerprint density at radius 3 is 2.54 bits per heavy atom. The first-order chi connectivity index (χ1) is 12.2. The van der Waals surface area contributed by atoms with Gasteiger partial charge in [0, 0.05) is 0 Å². The van der Waals surface area contributed by atoms with Gasteiger partial charge in [0.2, 0.25) is 5.82 Å². The molecule has 0 aliphatic rings. The predicted octanol–water partition coefficient (Wildman–Crippen LogP) is 4.38. The molecule has 3 aromatic rings. The van der Waals surface area contributed by atoms with E-state index < -0.39 is 23.8 Å². The Morgan fingerprint density at radius 2 is 1.92 bits per heavy atom. The minimum absolute atomic E-state index is 0.0425. The number of carbonyl (C=O) groups excluding carboxylic acids is 1. The number of ether oxygens (including phenoxy) is 2. The molecule has 3 rings (SSSR count). The number of aryl methyl sites for hydroxylation is 1. The van der Waals surface area contributed by atoms with Crippen LogP contribution in [-0.2, 0) is 10.9 Å². The lowest BCUT2D eigenvalue weighted by molar-refractivity contribution is -0.145. The normalized spacial score (nSPS) is 11.6. The fourth-order valence-electron chi connectivity index (χ4n) is 2.43. The number of nitrogens with zero attached hydrogens (tertiary/aromatic N) is 2. The Kier molecular flexibility index (Phi) is 4.31. The molecule has 0 bridgehead atoms. The van der Waals surface area contributed by atoms with Gasteiger partial charge in [-0.2, -0.15) is 13.2 Å².